The zero-order valence-corrected chi connectivity index (χ0v) is 11.2. The Morgan fingerprint density at radius 1 is 1.32 bits per heavy atom. The Morgan fingerprint density at radius 3 is 2.79 bits per heavy atom. The molecule has 2 bridgehead atoms. The molecule has 0 radical (unpaired) electrons. The van der Waals surface area contributed by atoms with Gasteiger partial charge in [0.2, 0.25) is 0 Å². The quantitative estimate of drug-likeness (QED) is 0.779. The summed E-state index contributed by atoms with van der Waals surface area (Å²) in [4.78, 5) is 14.2. The standard InChI is InChI=1S/C16H19NO2/c1-19-16(18)13-9-14-7-8-15(10-13)17(14)11-12-5-3-2-4-6-12/h2-6,9,14-15H,7-8,10-11H2,1H3/t14-,15+/m1/s1. The second kappa shape index (κ2) is 5.17. The van der Waals surface area contributed by atoms with Crippen molar-refractivity contribution in [2.75, 3.05) is 7.11 Å². The zero-order valence-electron chi connectivity index (χ0n) is 11.2. The average Bonchev–Trinajstić information content (AvgIpc) is 2.69. The number of hydrogen-bond acceptors (Lipinski definition) is 3. The number of carbonyl (C=O) groups is 1. The summed E-state index contributed by atoms with van der Waals surface area (Å²) >= 11 is 0. The lowest BCUT2D eigenvalue weighted by molar-refractivity contribution is -0.136. The van der Waals surface area contributed by atoms with E-state index < -0.39 is 0 Å². The molecule has 2 aliphatic rings. The Labute approximate surface area is 113 Å². The van der Waals surface area contributed by atoms with Crippen LogP contribution < -0.4 is 0 Å². The van der Waals surface area contributed by atoms with Crippen LogP contribution in [0.3, 0.4) is 0 Å². The molecule has 1 saturated heterocycles. The minimum absolute atomic E-state index is 0.156. The fraction of sp³-hybridized carbons (Fsp3) is 0.438. The maximum Gasteiger partial charge on any atom is 0.333 e. The molecule has 0 N–H and O–H groups in total. The van der Waals surface area contributed by atoms with Crippen molar-refractivity contribution in [3.8, 4) is 0 Å². The highest BCUT2D eigenvalue weighted by molar-refractivity contribution is 5.88. The van der Waals surface area contributed by atoms with Crippen LogP contribution in [0.1, 0.15) is 24.8 Å². The van der Waals surface area contributed by atoms with Crippen molar-refractivity contribution in [1.29, 1.82) is 0 Å². The predicted molar refractivity (Wildman–Crippen MR) is 73.5 cm³/mol. The van der Waals surface area contributed by atoms with Crippen LogP contribution in [-0.4, -0.2) is 30.1 Å². The maximum absolute atomic E-state index is 11.6. The van der Waals surface area contributed by atoms with Gasteiger partial charge in [0.15, 0.2) is 0 Å². The normalized spacial score (nSPS) is 26.1. The molecule has 100 valence electrons. The van der Waals surface area contributed by atoms with Crippen LogP contribution in [0.2, 0.25) is 0 Å². The van der Waals surface area contributed by atoms with Gasteiger partial charge in [-0.1, -0.05) is 36.4 Å². The number of ether oxygens (including phenoxy) is 1. The molecule has 3 rings (SSSR count). The lowest BCUT2D eigenvalue weighted by atomic mass is 10.0. The molecule has 2 heterocycles. The van der Waals surface area contributed by atoms with Gasteiger partial charge in [-0.25, -0.2) is 4.79 Å². The number of esters is 1. The predicted octanol–water partition coefficient (Wildman–Crippen LogP) is 2.52. The lowest BCUT2D eigenvalue weighted by Gasteiger charge is -2.33. The Hall–Kier alpha value is -1.61. The summed E-state index contributed by atoms with van der Waals surface area (Å²) in [5.41, 5.74) is 2.20. The summed E-state index contributed by atoms with van der Waals surface area (Å²) in [6.07, 6.45) is 5.26. The van der Waals surface area contributed by atoms with E-state index >= 15 is 0 Å². The summed E-state index contributed by atoms with van der Waals surface area (Å²) < 4.78 is 4.84. The van der Waals surface area contributed by atoms with Gasteiger partial charge in [-0.3, -0.25) is 4.90 Å². The number of fused-ring (bicyclic) bond motifs is 2. The molecule has 0 spiro atoms. The molecule has 1 aromatic carbocycles. The highest BCUT2D eigenvalue weighted by Crippen LogP contribution is 2.36. The molecule has 0 aromatic heterocycles. The molecule has 2 atom stereocenters. The molecule has 0 unspecified atom stereocenters. The van der Waals surface area contributed by atoms with Gasteiger partial charge in [0.25, 0.3) is 0 Å². The van der Waals surface area contributed by atoms with Crippen LogP contribution in [0.5, 0.6) is 0 Å². The number of benzene rings is 1. The number of carbonyl (C=O) groups excluding carboxylic acids is 1. The highest BCUT2D eigenvalue weighted by Gasteiger charge is 2.37. The van der Waals surface area contributed by atoms with Gasteiger partial charge in [-0.2, -0.15) is 0 Å². The van der Waals surface area contributed by atoms with Crippen molar-refractivity contribution >= 4 is 5.97 Å². The van der Waals surface area contributed by atoms with E-state index in [-0.39, 0.29) is 5.97 Å². The molecule has 0 amide bonds. The van der Waals surface area contributed by atoms with Crippen LogP contribution >= 0.6 is 0 Å². The van der Waals surface area contributed by atoms with Crippen LogP contribution in [-0.2, 0) is 16.1 Å². The Bertz CT molecular complexity index is 495. The minimum atomic E-state index is -0.156. The second-order valence-electron chi connectivity index (χ2n) is 5.34. The van der Waals surface area contributed by atoms with E-state index in [4.69, 9.17) is 4.74 Å². The van der Waals surface area contributed by atoms with Crippen molar-refractivity contribution in [1.82, 2.24) is 4.90 Å². The van der Waals surface area contributed by atoms with E-state index in [1.54, 1.807) is 0 Å². The third kappa shape index (κ3) is 2.43. The first-order valence-corrected chi connectivity index (χ1v) is 6.86. The van der Waals surface area contributed by atoms with Gasteiger partial charge < -0.3 is 4.74 Å². The summed E-state index contributed by atoms with van der Waals surface area (Å²) in [6, 6.07) is 11.4. The average molecular weight is 257 g/mol. The smallest absolute Gasteiger partial charge is 0.333 e. The van der Waals surface area contributed by atoms with Crippen LogP contribution in [0.4, 0.5) is 0 Å². The number of nitrogens with zero attached hydrogens (tertiary/aromatic N) is 1. The summed E-state index contributed by atoms with van der Waals surface area (Å²) in [5, 5.41) is 0. The van der Waals surface area contributed by atoms with E-state index in [0.717, 1.165) is 25.0 Å². The number of hydrogen-bond donors (Lipinski definition) is 0. The van der Waals surface area contributed by atoms with Crippen molar-refractivity contribution < 1.29 is 9.53 Å². The number of methoxy groups -OCH3 is 1. The molecule has 0 saturated carbocycles. The van der Waals surface area contributed by atoms with E-state index in [2.05, 4.69) is 35.2 Å². The molecule has 3 heteroatoms. The van der Waals surface area contributed by atoms with Crippen LogP contribution in [0.25, 0.3) is 0 Å². The van der Waals surface area contributed by atoms with Gasteiger partial charge in [0.05, 0.1) is 7.11 Å². The maximum atomic E-state index is 11.6. The SMILES string of the molecule is COC(=O)C1=C[C@H]2CC[C@@H](C1)N2Cc1ccccc1. The van der Waals surface area contributed by atoms with Gasteiger partial charge in [0, 0.05) is 24.2 Å². The Morgan fingerprint density at radius 2 is 2.11 bits per heavy atom. The highest BCUT2D eigenvalue weighted by atomic mass is 16.5. The van der Waals surface area contributed by atoms with Crippen molar-refractivity contribution in [3.05, 3.63) is 47.5 Å². The van der Waals surface area contributed by atoms with Gasteiger partial charge >= 0.3 is 5.97 Å². The molecule has 1 fully saturated rings. The third-order valence-electron chi connectivity index (χ3n) is 4.20. The Balaban J connectivity index is 1.76. The van der Waals surface area contributed by atoms with Crippen molar-refractivity contribution in [3.63, 3.8) is 0 Å². The Kier molecular flexibility index (Phi) is 3.38. The first-order chi connectivity index (χ1) is 9.28. The summed E-state index contributed by atoms with van der Waals surface area (Å²) in [7, 11) is 1.46. The molecule has 19 heavy (non-hydrogen) atoms. The van der Waals surface area contributed by atoms with Gasteiger partial charge in [0.1, 0.15) is 0 Å². The second-order valence-corrected chi connectivity index (χ2v) is 5.34. The van der Waals surface area contributed by atoms with E-state index in [9.17, 15) is 4.79 Å². The molecule has 2 aliphatic heterocycles. The van der Waals surface area contributed by atoms with Gasteiger partial charge in [-0.05, 0) is 24.8 Å². The minimum Gasteiger partial charge on any atom is -0.466 e. The summed E-state index contributed by atoms with van der Waals surface area (Å²) in [6.45, 7) is 0.973. The van der Waals surface area contributed by atoms with Crippen molar-refractivity contribution in [2.24, 2.45) is 0 Å². The largest absolute Gasteiger partial charge is 0.466 e. The van der Waals surface area contributed by atoms with Crippen LogP contribution in [0, 0.1) is 0 Å². The van der Waals surface area contributed by atoms with Crippen LogP contribution in [0.15, 0.2) is 42.0 Å². The fourth-order valence-electron chi connectivity index (χ4n) is 3.24. The monoisotopic (exact) mass is 257 g/mol. The lowest BCUT2D eigenvalue weighted by Crippen LogP contribution is -2.39. The summed E-state index contributed by atoms with van der Waals surface area (Å²) in [5.74, 6) is -0.156. The van der Waals surface area contributed by atoms with E-state index in [1.165, 1.54) is 19.1 Å². The molecule has 0 aliphatic carbocycles. The van der Waals surface area contributed by atoms with Crippen molar-refractivity contribution in [2.45, 2.75) is 37.9 Å². The zero-order chi connectivity index (χ0) is 13.2. The molecule has 1 aromatic rings. The molecule has 3 nitrogen and oxygen atoms in total. The van der Waals surface area contributed by atoms with E-state index in [1.807, 2.05) is 6.07 Å². The first-order valence-electron chi connectivity index (χ1n) is 6.86. The third-order valence-corrected chi connectivity index (χ3v) is 4.20. The fourth-order valence-corrected chi connectivity index (χ4v) is 3.24. The van der Waals surface area contributed by atoms with Gasteiger partial charge in [-0.15, -0.1) is 0 Å². The molecular formula is C16H19NO2. The van der Waals surface area contributed by atoms with E-state index in [0.29, 0.717) is 12.1 Å². The molecular weight excluding hydrogens is 238 g/mol. The first kappa shape index (κ1) is 12.4. The topological polar surface area (TPSA) is 29.5 Å². The number of rotatable bonds is 3.